The number of Topliss-reactive ketones (excluding diaryl/α,β-unsaturated/α-hetero) is 1. The topological polar surface area (TPSA) is 249 Å². The number of carbonyl (C=O) groups is 6. The number of ether oxygens (including phenoxy) is 8. The largest absolute Gasteiger partial charge is 0.508 e. The van der Waals surface area contributed by atoms with Crippen LogP contribution >= 0.6 is 0 Å². The normalized spacial score (nSPS) is 40.0. The van der Waals surface area contributed by atoms with E-state index in [2.05, 4.69) is 5.32 Å². The number of hydrogen-bond donors (Lipinski definition) is 4. The molecule has 2 saturated heterocycles. The number of fused-ring (bicyclic) bond motifs is 5. The highest BCUT2D eigenvalue weighted by atomic mass is 16.8. The van der Waals surface area contributed by atoms with E-state index in [0.717, 1.165) is 33.3 Å². The van der Waals surface area contributed by atoms with E-state index in [9.17, 15) is 39.3 Å². The van der Waals surface area contributed by atoms with Crippen LogP contribution in [0.3, 0.4) is 0 Å². The standard InChI is InChI=1S/C44H65NO17/c1-21-26-27(57-22(2)46)31(48)42(11)24(47)18-25-43(20-56-25,62-37(53)55-12)29(42)32(59-33(49)23-16-14-13-15-17-23)44(54,40(26,8)9)19-41(21,10)60-34(50)28-30(39(6,7)35(51)58-28)45-36(52)61-38(3,4)5/h23-25,27-30,32,35,47,51,54H,13-20H2,1-12H3,(H,45,52)/t24?,25-,27-,28?,29?,30-,32+,35?,41+,42-,43+,44-/m1/s1. The molecule has 4 unspecified atom stereocenters. The summed E-state index contributed by atoms with van der Waals surface area (Å²) in [6, 6.07) is -1.21. The summed E-state index contributed by atoms with van der Waals surface area (Å²) in [6.45, 7) is 16.5. The van der Waals surface area contributed by atoms with Crippen LogP contribution in [0.2, 0.25) is 0 Å². The van der Waals surface area contributed by atoms with Gasteiger partial charge >= 0.3 is 30.2 Å². The van der Waals surface area contributed by atoms with Gasteiger partial charge in [-0.15, -0.1) is 0 Å². The fraction of sp³-hybridized carbons (Fsp3) is 0.818. The van der Waals surface area contributed by atoms with Crippen LogP contribution < -0.4 is 5.32 Å². The minimum Gasteiger partial charge on any atom is -0.459 e. The SMILES string of the molecule is COC(=O)O[C@@]12CO[C@@H]1CC(O)[C@@]1(C)C(=O)[C@H](OC(C)=O)C3=C(C)[C@@](C)(OC(=O)C4OC(O)C(C)(C)[C@@H]4NC(=O)OC(C)(C)C)C[C@@](O)([C@@H](OC(=O)C4CCCCC4)C12)C3(C)C. The highest BCUT2D eigenvalue weighted by Gasteiger charge is 2.79. The Kier molecular flexibility index (Phi) is 12.3. The molecule has 12 atom stereocenters. The summed E-state index contributed by atoms with van der Waals surface area (Å²) >= 11 is 0. The molecule has 348 valence electrons. The molecule has 0 aromatic carbocycles. The molecule has 0 aromatic rings. The molecule has 0 radical (unpaired) electrons. The van der Waals surface area contributed by atoms with Crippen LogP contribution in [0.4, 0.5) is 9.59 Å². The Morgan fingerprint density at radius 1 is 0.903 bits per heavy atom. The molecular weight excluding hydrogens is 814 g/mol. The van der Waals surface area contributed by atoms with Crippen LogP contribution in [0.5, 0.6) is 0 Å². The number of nitrogens with one attached hydrogen (secondary N) is 1. The molecule has 4 N–H and O–H groups in total. The number of methoxy groups -OCH3 is 1. The van der Waals surface area contributed by atoms with E-state index in [1.807, 2.05) is 0 Å². The number of rotatable bonds is 7. The third kappa shape index (κ3) is 7.58. The number of carbonyl (C=O) groups excluding carboxylic acids is 6. The number of aliphatic hydroxyl groups excluding tert-OH is 2. The number of esters is 3. The molecule has 2 aliphatic heterocycles. The van der Waals surface area contributed by atoms with Crippen molar-refractivity contribution >= 4 is 35.9 Å². The summed E-state index contributed by atoms with van der Waals surface area (Å²) in [6.07, 6.45) is -8.93. The van der Waals surface area contributed by atoms with E-state index in [-0.39, 0.29) is 24.2 Å². The van der Waals surface area contributed by atoms with Crippen LogP contribution in [0.15, 0.2) is 11.1 Å². The van der Waals surface area contributed by atoms with E-state index in [1.54, 1.807) is 55.4 Å². The molecule has 1 amide bonds. The number of hydrogen-bond acceptors (Lipinski definition) is 17. The summed E-state index contributed by atoms with van der Waals surface area (Å²) in [5.74, 6) is -5.69. The zero-order chi connectivity index (χ0) is 46.3. The summed E-state index contributed by atoms with van der Waals surface area (Å²) < 4.78 is 47.0. The molecule has 5 fully saturated rings. The lowest BCUT2D eigenvalue weighted by Gasteiger charge is -2.68. The van der Waals surface area contributed by atoms with Gasteiger partial charge in [-0.3, -0.25) is 14.4 Å². The van der Waals surface area contributed by atoms with Crippen molar-refractivity contribution in [2.45, 2.75) is 186 Å². The van der Waals surface area contributed by atoms with Gasteiger partial charge in [0.15, 0.2) is 29.9 Å². The second-order valence-electron chi connectivity index (χ2n) is 20.6. The average molecular weight is 880 g/mol. The lowest BCUT2D eigenvalue weighted by atomic mass is 9.44. The summed E-state index contributed by atoms with van der Waals surface area (Å²) in [5.41, 5.74) is -11.9. The molecule has 0 aromatic heterocycles. The molecule has 0 spiro atoms. The predicted octanol–water partition coefficient (Wildman–Crippen LogP) is 3.72. The molecule has 2 heterocycles. The minimum atomic E-state index is -2.39. The third-order valence-corrected chi connectivity index (χ3v) is 14.9. The second-order valence-corrected chi connectivity index (χ2v) is 20.6. The van der Waals surface area contributed by atoms with Crippen LogP contribution in [-0.4, -0.2) is 130 Å². The Morgan fingerprint density at radius 3 is 2.08 bits per heavy atom. The lowest BCUT2D eigenvalue weighted by molar-refractivity contribution is -0.347. The van der Waals surface area contributed by atoms with E-state index >= 15 is 4.79 Å². The van der Waals surface area contributed by atoms with Gasteiger partial charge < -0.3 is 58.5 Å². The molecule has 4 aliphatic carbocycles. The lowest BCUT2D eigenvalue weighted by Crippen LogP contribution is -2.82. The van der Waals surface area contributed by atoms with Gasteiger partial charge in [0.25, 0.3) is 0 Å². The zero-order valence-corrected chi connectivity index (χ0v) is 37.9. The number of ketones is 1. The summed E-state index contributed by atoms with van der Waals surface area (Å²) in [7, 11) is 1.09. The first-order valence-corrected chi connectivity index (χ1v) is 21.5. The van der Waals surface area contributed by atoms with Crippen molar-refractivity contribution in [3.05, 3.63) is 11.1 Å². The van der Waals surface area contributed by atoms with Crippen molar-refractivity contribution in [2.24, 2.45) is 28.1 Å². The maximum Gasteiger partial charge on any atom is 0.508 e. The van der Waals surface area contributed by atoms with E-state index in [0.29, 0.717) is 12.8 Å². The minimum absolute atomic E-state index is 0.0124. The van der Waals surface area contributed by atoms with Gasteiger partial charge in [-0.25, -0.2) is 14.4 Å². The van der Waals surface area contributed by atoms with Gasteiger partial charge in [0, 0.05) is 30.6 Å². The third-order valence-electron chi connectivity index (χ3n) is 14.9. The first-order chi connectivity index (χ1) is 28.5. The quantitative estimate of drug-likeness (QED) is 0.162. The average Bonchev–Trinajstić information content (AvgIpc) is 3.38. The van der Waals surface area contributed by atoms with Crippen molar-refractivity contribution in [1.82, 2.24) is 5.32 Å². The molecule has 18 heteroatoms. The van der Waals surface area contributed by atoms with Gasteiger partial charge in [-0.05, 0) is 65.5 Å². The molecule has 3 saturated carbocycles. The maximum atomic E-state index is 15.6. The monoisotopic (exact) mass is 879 g/mol. The van der Waals surface area contributed by atoms with E-state index in [1.165, 1.54) is 13.8 Å². The predicted molar refractivity (Wildman–Crippen MR) is 214 cm³/mol. The van der Waals surface area contributed by atoms with Gasteiger partial charge in [0.1, 0.15) is 29.0 Å². The summed E-state index contributed by atoms with van der Waals surface area (Å²) in [5, 5.41) is 39.7. The zero-order valence-electron chi connectivity index (χ0n) is 37.9. The fourth-order valence-corrected chi connectivity index (χ4v) is 11.1. The van der Waals surface area contributed by atoms with E-state index in [4.69, 9.17) is 37.9 Å². The molecular formula is C44H65NO17. The smallest absolute Gasteiger partial charge is 0.459 e. The van der Waals surface area contributed by atoms with Gasteiger partial charge in [0.05, 0.1) is 43.1 Å². The van der Waals surface area contributed by atoms with Crippen LogP contribution in [0.1, 0.15) is 121 Å². The first kappa shape index (κ1) is 47.6. The Labute approximate surface area is 362 Å². The Balaban J connectivity index is 1.56. The van der Waals surface area contributed by atoms with Crippen LogP contribution in [0.25, 0.3) is 0 Å². The van der Waals surface area contributed by atoms with Crippen molar-refractivity contribution in [3.8, 4) is 0 Å². The molecule has 6 rings (SSSR count). The molecule has 18 nitrogen and oxygen atoms in total. The highest BCUT2D eigenvalue weighted by Crippen LogP contribution is 2.65. The summed E-state index contributed by atoms with van der Waals surface area (Å²) in [4.78, 5) is 84.1. The van der Waals surface area contributed by atoms with E-state index < -0.39 is 136 Å². The Morgan fingerprint density at radius 2 is 1.53 bits per heavy atom. The number of alkyl carbamates (subject to hydrolysis) is 1. The van der Waals surface area contributed by atoms with Gasteiger partial charge in [-0.1, -0.05) is 47.0 Å². The number of aliphatic hydroxyl groups is 3. The molecule has 6 aliphatic rings. The number of amides is 1. The highest BCUT2D eigenvalue weighted by molar-refractivity contribution is 5.95. The van der Waals surface area contributed by atoms with Crippen molar-refractivity contribution < 1.29 is 82.0 Å². The first-order valence-electron chi connectivity index (χ1n) is 21.5. The van der Waals surface area contributed by atoms with Crippen molar-refractivity contribution in [3.63, 3.8) is 0 Å². The van der Waals surface area contributed by atoms with Crippen molar-refractivity contribution in [1.29, 1.82) is 0 Å². The second kappa shape index (κ2) is 16.0. The Hall–Kier alpha value is -3.84. The maximum absolute atomic E-state index is 15.6. The fourth-order valence-electron chi connectivity index (χ4n) is 11.1. The van der Waals surface area contributed by atoms with Crippen molar-refractivity contribution in [2.75, 3.05) is 13.7 Å². The molecule has 2 bridgehead atoms. The molecule has 62 heavy (non-hydrogen) atoms. The van der Waals surface area contributed by atoms with Crippen LogP contribution in [0, 0.1) is 28.1 Å². The van der Waals surface area contributed by atoms with Gasteiger partial charge in [-0.2, -0.15) is 0 Å². The van der Waals surface area contributed by atoms with Gasteiger partial charge in [0.2, 0.25) is 0 Å². The Bertz CT molecular complexity index is 1880. The van der Waals surface area contributed by atoms with Crippen LogP contribution in [-0.2, 0) is 57.1 Å².